The first-order valence-electron chi connectivity index (χ1n) is 6.68. The summed E-state index contributed by atoms with van der Waals surface area (Å²) in [4.78, 5) is 2.48. The topological polar surface area (TPSA) is 3.24 Å². The highest BCUT2D eigenvalue weighted by Crippen LogP contribution is 2.27. The van der Waals surface area contributed by atoms with Gasteiger partial charge in [0.2, 0.25) is 0 Å². The third-order valence-electron chi connectivity index (χ3n) is 3.70. The van der Waals surface area contributed by atoms with Gasteiger partial charge in [-0.1, -0.05) is 30.7 Å². The second-order valence-electron chi connectivity index (χ2n) is 5.48. The molecule has 1 nitrogen and oxygen atoms in total. The second-order valence-corrected chi connectivity index (χ2v) is 6.42. The molecule has 1 aromatic rings. The molecule has 18 heavy (non-hydrogen) atoms. The molecule has 0 aromatic heterocycles. The molecule has 1 fully saturated rings. The van der Waals surface area contributed by atoms with E-state index in [1.54, 1.807) is 0 Å². The van der Waals surface area contributed by atoms with Crippen LogP contribution in [0.2, 0.25) is 5.02 Å². The van der Waals surface area contributed by atoms with Crippen LogP contribution in [-0.2, 0) is 0 Å². The summed E-state index contributed by atoms with van der Waals surface area (Å²) in [5.74, 6) is 0.801. The number of hydrogen-bond acceptors (Lipinski definition) is 1. The van der Waals surface area contributed by atoms with Crippen molar-refractivity contribution in [2.45, 2.75) is 32.1 Å². The quantitative estimate of drug-likeness (QED) is 0.730. The van der Waals surface area contributed by atoms with Gasteiger partial charge in [-0.15, -0.1) is 11.6 Å². The van der Waals surface area contributed by atoms with Crippen molar-refractivity contribution in [3.05, 3.63) is 34.3 Å². The minimum atomic E-state index is 0.0614. The van der Waals surface area contributed by atoms with E-state index >= 15 is 0 Å². The Labute approximate surface area is 120 Å². The Morgan fingerprint density at radius 1 is 1.44 bits per heavy atom. The van der Waals surface area contributed by atoms with Crippen molar-refractivity contribution < 1.29 is 0 Å². The summed E-state index contributed by atoms with van der Waals surface area (Å²) in [5, 5.41) is 0.875. The molecule has 2 atom stereocenters. The third kappa shape index (κ3) is 3.63. The fraction of sp³-hybridized carbons (Fsp3) is 0.600. The van der Waals surface area contributed by atoms with Crippen LogP contribution in [0.5, 0.6) is 0 Å². The lowest BCUT2D eigenvalue weighted by Crippen LogP contribution is -2.36. The molecule has 1 heterocycles. The summed E-state index contributed by atoms with van der Waals surface area (Å²) in [6.07, 6.45) is 2.65. The van der Waals surface area contributed by atoms with E-state index in [1.165, 1.54) is 31.5 Å². The second kappa shape index (κ2) is 6.27. The highest BCUT2D eigenvalue weighted by molar-refractivity contribution is 6.31. The Morgan fingerprint density at radius 2 is 2.22 bits per heavy atom. The monoisotopic (exact) mass is 285 g/mol. The van der Waals surface area contributed by atoms with E-state index in [4.69, 9.17) is 23.2 Å². The van der Waals surface area contributed by atoms with Crippen LogP contribution in [0.4, 0.5) is 0 Å². The van der Waals surface area contributed by atoms with Gasteiger partial charge in [0.1, 0.15) is 0 Å². The van der Waals surface area contributed by atoms with E-state index in [0.29, 0.717) is 0 Å². The zero-order valence-electron chi connectivity index (χ0n) is 11.1. The lowest BCUT2D eigenvalue weighted by molar-refractivity contribution is 0.184. The maximum Gasteiger partial charge on any atom is 0.0712 e. The molecule has 1 saturated heterocycles. The lowest BCUT2D eigenvalue weighted by atomic mass is 9.99. The maximum absolute atomic E-state index is 6.53. The van der Waals surface area contributed by atoms with Crippen molar-refractivity contribution in [1.82, 2.24) is 4.90 Å². The summed E-state index contributed by atoms with van der Waals surface area (Å²) in [7, 11) is 0. The number of alkyl halides is 1. The van der Waals surface area contributed by atoms with Crippen molar-refractivity contribution in [3.8, 4) is 0 Å². The van der Waals surface area contributed by atoms with Gasteiger partial charge in [-0.3, -0.25) is 0 Å². The van der Waals surface area contributed by atoms with Crippen LogP contribution in [-0.4, -0.2) is 24.5 Å². The molecule has 2 rings (SSSR count). The highest BCUT2D eigenvalue weighted by atomic mass is 35.5. The number of nitrogens with zero attached hydrogens (tertiary/aromatic N) is 1. The molecule has 1 aromatic carbocycles. The predicted molar refractivity (Wildman–Crippen MR) is 79.6 cm³/mol. The number of piperidine rings is 1. The first-order valence-corrected chi connectivity index (χ1v) is 7.50. The molecule has 1 aliphatic rings. The van der Waals surface area contributed by atoms with Crippen LogP contribution in [0, 0.1) is 12.8 Å². The fourth-order valence-electron chi connectivity index (χ4n) is 2.65. The van der Waals surface area contributed by atoms with E-state index in [2.05, 4.69) is 17.9 Å². The van der Waals surface area contributed by atoms with Crippen molar-refractivity contribution in [2.75, 3.05) is 19.6 Å². The lowest BCUT2D eigenvalue weighted by Gasteiger charge is -2.32. The SMILES string of the molecule is Cc1cc(C(Cl)CN2CCCC(C)C2)ccc1Cl. The predicted octanol–water partition coefficient (Wildman–Crippen LogP) is 4.66. The van der Waals surface area contributed by atoms with Crippen molar-refractivity contribution in [3.63, 3.8) is 0 Å². The Kier molecular flexibility index (Phi) is 4.94. The van der Waals surface area contributed by atoms with Gasteiger partial charge in [0.25, 0.3) is 0 Å². The molecule has 0 bridgehead atoms. The Hall–Kier alpha value is -0.240. The number of halogens is 2. The first kappa shape index (κ1) is 14.2. The van der Waals surface area contributed by atoms with E-state index in [1.807, 2.05) is 19.1 Å². The molecule has 1 aliphatic heterocycles. The largest absolute Gasteiger partial charge is 0.301 e. The summed E-state index contributed by atoms with van der Waals surface area (Å²) in [6, 6.07) is 6.09. The molecule has 0 saturated carbocycles. The van der Waals surface area contributed by atoms with Crippen molar-refractivity contribution in [2.24, 2.45) is 5.92 Å². The fourth-order valence-corrected chi connectivity index (χ4v) is 3.10. The Morgan fingerprint density at radius 3 is 2.89 bits per heavy atom. The summed E-state index contributed by atoms with van der Waals surface area (Å²) >= 11 is 12.6. The molecular formula is C15H21Cl2N. The smallest absolute Gasteiger partial charge is 0.0712 e. The van der Waals surface area contributed by atoms with Gasteiger partial charge >= 0.3 is 0 Å². The number of likely N-dealkylation sites (tertiary alicyclic amines) is 1. The standard InChI is InChI=1S/C15H21Cl2N/c1-11-4-3-7-18(9-11)10-15(17)13-5-6-14(16)12(2)8-13/h5-6,8,11,15H,3-4,7,9-10H2,1-2H3. The van der Waals surface area contributed by atoms with Crippen LogP contribution in [0.3, 0.4) is 0 Å². The molecule has 0 spiro atoms. The molecule has 0 N–H and O–H groups in total. The van der Waals surface area contributed by atoms with Gasteiger partial charge in [0.05, 0.1) is 5.38 Å². The third-order valence-corrected chi connectivity index (χ3v) is 4.52. The van der Waals surface area contributed by atoms with Gasteiger partial charge in [0, 0.05) is 18.1 Å². The van der Waals surface area contributed by atoms with Crippen LogP contribution in [0.15, 0.2) is 18.2 Å². The van der Waals surface area contributed by atoms with E-state index in [9.17, 15) is 0 Å². The molecule has 0 aliphatic carbocycles. The van der Waals surface area contributed by atoms with Crippen molar-refractivity contribution in [1.29, 1.82) is 0 Å². The minimum Gasteiger partial charge on any atom is -0.301 e. The van der Waals surface area contributed by atoms with Crippen LogP contribution >= 0.6 is 23.2 Å². The molecule has 0 amide bonds. The van der Waals surface area contributed by atoms with Gasteiger partial charge in [-0.05, 0) is 49.4 Å². The zero-order valence-corrected chi connectivity index (χ0v) is 12.6. The molecule has 0 radical (unpaired) electrons. The van der Waals surface area contributed by atoms with Crippen molar-refractivity contribution >= 4 is 23.2 Å². The normalized spacial score (nSPS) is 23.0. The maximum atomic E-state index is 6.53. The summed E-state index contributed by atoms with van der Waals surface area (Å²) < 4.78 is 0. The molecule has 100 valence electrons. The Balaban J connectivity index is 1.98. The van der Waals surface area contributed by atoms with E-state index < -0.39 is 0 Å². The van der Waals surface area contributed by atoms with Gasteiger partial charge < -0.3 is 4.90 Å². The molecule has 2 unspecified atom stereocenters. The first-order chi connectivity index (χ1) is 8.56. The van der Waals surface area contributed by atoms with E-state index in [0.717, 1.165) is 23.0 Å². The summed E-state index contributed by atoms with van der Waals surface area (Å²) in [5.41, 5.74) is 2.28. The molecule has 3 heteroatoms. The molecular weight excluding hydrogens is 265 g/mol. The van der Waals surface area contributed by atoms with E-state index in [-0.39, 0.29) is 5.38 Å². The number of benzene rings is 1. The number of hydrogen-bond donors (Lipinski definition) is 0. The van der Waals surface area contributed by atoms with Crippen LogP contribution in [0.25, 0.3) is 0 Å². The summed E-state index contributed by atoms with van der Waals surface area (Å²) in [6.45, 7) is 7.64. The van der Waals surface area contributed by atoms with Crippen LogP contribution in [0.1, 0.15) is 36.3 Å². The highest BCUT2D eigenvalue weighted by Gasteiger charge is 2.19. The van der Waals surface area contributed by atoms with Gasteiger partial charge in [-0.25, -0.2) is 0 Å². The van der Waals surface area contributed by atoms with Crippen LogP contribution < -0.4 is 0 Å². The zero-order chi connectivity index (χ0) is 13.1. The van der Waals surface area contributed by atoms with Gasteiger partial charge in [-0.2, -0.15) is 0 Å². The minimum absolute atomic E-state index is 0.0614. The number of aryl methyl sites for hydroxylation is 1. The number of rotatable bonds is 3. The van der Waals surface area contributed by atoms with Gasteiger partial charge in [0.15, 0.2) is 0 Å². The average molecular weight is 286 g/mol. The average Bonchev–Trinajstić information content (AvgIpc) is 2.32. The Bertz CT molecular complexity index is 405.